The fourth-order valence-corrected chi connectivity index (χ4v) is 4.57. The highest BCUT2D eigenvalue weighted by molar-refractivity contribution is 7.53. The molecule has 0 aliphatic rings. The van der Waals surface area contributed by atoms with Crippen molar-refractivity contribution >= 4 is 7.60 Å². The molecular formula is C14H31O3P. The smallest absolute Gasteiger partial charge is 0.306 e. The summed E-state index contributed by atoms with van der Waals surface area (Å²) in [6.45, 7) is 12.0. The van der Waals surface area contributed by atoms with E-state index in [1.807, 2.05) is 27.7 Å². The molecule has 0 rings (SSSR count). The molecule has 0 aromatic heterocycles. The molecule has 3 nitrogen and oxygen atoms in total. The summed E-state index contributed by atoms with van der Waals surface area (Å²) in [4.78, 5) is 0. The van der Waals surface area contributed by atoms with Gasteiger partial charge in [-0.3, -0.25) is 4.57 Å². The highest BCUT2D eigenvalue weighted by atomic mass is 31.2. The van der Waals surface area contributed by atoms with Gasteiger partial charge in [0.1, 0.15) is 0 Å². The fraction of sp³-hybridized carbons (Fsp3) is 1.00. The van der Waals surface area contributed by atoms with E-state index in [-0.39, 0.29) is 12.2 Å². The first-order valence-electron chi connectivity index (χ1n) is 7.28. The van der Waals surface area contributed by atoms with Crippen molar-refractivity contribution in [3.8, 4) is 0 Å². The van der Waals surface area contributed by atoms with Crippen LogP contribution in [0.4, 0.5) is 0 Å². The van der Waals surface area contributed by atoms with E-state index in [0.717, 1.165) is 12.8 Å². The second-order valence-corrected chi connectivity index (χ2v) is 7.53. The van der Waals surface area contributed by atoms with Gasteiger partial charge < -0.3 is 9.05 Å². The van der Waals surface area contributed by atoms with Crippen molar-refractivity contribution in [3.05, 3.63) is 0 Å². The minimum atomic E-state index is -2.94. The van der Waals surface area contributed by atoms with Crippen LogP contribution in [0, 0.1) is 5.92 Å². The highest BCUT2D eigenvalue weighted by Crippen LogP contribution is 2.52. The van der Waals surface area contributed by atoms with Gasteiger partial charge in [-0.15, -0.1) is 0 Å². The molecule has 1 atom stereocenters. The Morgan fingerprint density at radius 2 is 1.50 bits per heavy atom. The van der Waals surface area contributed by atoms with Gasteiger partial charge in [-0.25, -0.2) is 0 Å². The zero-order valence-electron chi connectivity index (χ0n) is 12.9. The van der Waals surface area contributed by atoms with Crippen LogP contribution in [0.1, 0.15) is 67.2 Å². The molecule has 0 aliphatic heterocycles. The maximum absolute atomic E-state index is 12.7. The molecule has 0 saturated carbocycles. The van der Waals surface area contributed by atoms with E-state index < -0.39 is 7.60 Å². The Balaban J connectivity index is 4.59. The van der Waals surface area contributed by atoms with E-state index in [0.29, 0.717) is 12.1 Å². The van der Waals surface area contributed by atoms with Crippen LogP contribution in [0.15, 0.2) is 0 Å². The Labute approximate surface area is 113 Å². The van der Waals surface area contributed by atoms with Gasteiger partial charge in [-0.05, 0) is 40.0 Å². The number of hydrogen-bond donors (Lipinski definition) is 0. The predicted octanol–water partition coefficient (Wildman–Crippen LogP) is 5.25. The Kier molecular flexibility index (Phi) is 9.19. The van der Waals surface area contributed by atoms with E-state index >= 15 is 0 Å². The van der Waals surface area contributed by atoms with Gasteiger partial charge >= 0.3 is 7.60 Å². The molecule has 0 amide bonds. The molecular weight excluding hydrogens is 247 g/mol. The highest BCUT2D eigenvalue weighted by Gasteiger charge is 2.30. The lowest BCUT2D eigenvalue weighted by Gasteiger charge is -2.26. The van der Waals surface area contributed by atoms with Gasteiger partial charge in [0.05, 0.1) is 18.4 Å². The van der Waals surface area contributed by atoms with Gasteiger partial charge in [0.25, 0.3) is 0 Å². The minimum Gasteiger partial charge on any atom is -0.306 e. The zero-order chi connectivity index (χ0) is 14.2. The quantitative estimate of drug-likeness (QED) is 0.512. The second-order valence-electron chi connectivity index (χ2n) is 5.52. The van der Waals surface area contributed by atoms with Crippen molar-refractivity contribution in [2.75, 3.05) is 6.16 Å². The maximum atomic E-state index is 12.7. The van der Waals surface area contributed by atoms with Crippen LogP contribution in [0.5, 0.6) is 0 Å². The lowest BCUT2D eigenvalue weighted by molar-refractivity contribution is 0.139. The second kappa shape index (κ2) is 9.12. The molecule has 1 unspecified atom stereocenters. The molecule has 0 aliphatic carbocycles. The summed E-state index contributed by atoms with van der Waals surface area (Å²) in [5.74, 6) is 0.438. The van der Waals surface area contributed by atoms with Crippen molar-refractivity contribution in [1.82, 2.24) is 0 Å². The van der Waals surface area contributed by atoms with Gasteiger partial charge in [-0.1, -0.05) is 33.1 Å². The van der Waals surface area contributed by atoms with Crippen LogP contribution in [0.3, 0.4) is 0 Å². The average molecular weight is 278 g/mol. The molecule has 0 heterocycles. The summed E-state index contributed by atoms with van der Waals surface area (Å²) < 4.78 is 23.9. The first kappa shape index (κ1) is 18.1. The molecule has 0 fully saturated rings. The summed E-state index contributed by atoms with van der Waals surface area (Å²) in [7, 11) is -2.94. The molecule has 0 N–H and O–H groups in total. The Morgan fingerprint density at radius 3 is 1.83 bits per heavy atom. The number of rotatable bonds is 10. The van der Waals surface area contributed by atoms with Gasteiger partial charge in [0.2, 0.25) is 0 Å². The third kappa shape index (κ3) is 8.29. The molecule has 0 aromatic carbocycles. The third-order valence-corrected chi connectivity index (χ3v) is 5.22. The number of hydrogen-bond acceptors (Lipinski definition) is 3. The summed E-state index contributed by atoms with van der Waals surface area (Å²) in [5.41, 5.74) is 0. The van der Waals surface area contributed by atoms with E-state index in [9.17, 15) is 4.57 Å². The summed E-state index contributed by atoms with van der Waals surface area (Å²) in [5, 5.41) is 0. The van der Waals surface area contributed by atoms with E-state index in [1.54, 1.807) is 0 Å². The lowest BCUT2D eigenvalue weighted by atomic mass is 10.0. The molecule has 18 heavy (non-hydrogen) atoms. The van der Waals surface area contributed by atoms with Crippen molar-refractivity contribution in [2.24, 2.45) is 5.92 Å². The average Bonchev–Trinajstić information content (AvgIpc) is 2.21. The molecule has 0 radical (unpaired) electrons. The number of unbranched alkanes of at least 4 members (excludes halogenated alkanes) is 1. The van der Waals surface area contributed by atoms with Gasteiger partial charge in [0.15, 0.2) is 0 Å². The summed E-state index contributed by atoms with van der Waals surface area (Å²) in [6, 6.07) is 0. The molecule has 0 bridgehead atoms. The van der Waals surface area contributed by atoms with E-state index in [1.165, 1.54) is 12.8 Å². The van der Waals surface area contributed by atoms with Gasteiger partial charge in [0, 0.05) is 0 Å². The lowest BCUT2D eigenvalue weighted by Crippen LogP contribution is -2.15. The minimum absolute atomic E-state index is 0.0572. The first-order valence-corrected chi connectivity index (χ1v) is 9.01. The fourth-order valence-electron chi connectivity index (χ4n) is 1.99. The van der Waals surface area contributed by atoms with Crippen LogP contribution in [0.25, 0.3) is 0 Å². The Hall–Kier alpha value is 0.150. The van der Waals surface area contributed by atoms with Crippen molar-refractivity contribution in [1.29, 1.82) is 0 Å². The van der Waals surface area contributed by atoms with E-state index in [4.69, 9.17) is 9.05 Å². The third-order valence-electron chi connectivity index (χ3n) is 2.77. The normalized spacial score (nSPS) is 14.4. The topological polar surface area (TPSA) is 35.5 Å². The van der Waals surface area contributed by atoms with Crippen LogP contribution < -0.4 is 0 Å². The van der Waals surface area contributed by atoms with Crippen molar-refractivity contribution in [2.45, 2.75) is 79.4 Å². The van der Waals surface area contributed by atoms with E-state index in [2.05, 4.69) is 13.8 Å². The van der Waals surface area contributed by atoms with Crippen LogP contribution >= 0.6 is 7.60 Å². The molecule has 110 valence electrons. The van der Waals surface area contributed by atoms with Crippen LogP contribution in [0.2, 0.25) is 0 Å². The Bertz CT molecular complexity index is 237. The largest absolute Gasteiger partial charge is 0.331 e. The first-order chi connectivity index (χ1) is 8.33. The summed E-state index contributed by atoms with van der Waals surface area (Å²) >= 11 is 0. The van der Waals surface area contributed by atoms with Crippen LogP contribution in [-0.2, 0) is 13.6 Å². The molecule has 0 aromatic rings. The SMILES string of the molecule is CCCCC(CC)CP(=O)(OC(C)C)OC(C)C. The Morgan fingerprint density at radius 1 is 1.00 bits per heavy atom. The molecule has 4 heteroatoms. The van der Waals surface area contributed by atoms with Crippen LogP contribution in [-0.4, -0.2) is 18.4 Å². The monoisotopic (exact) mass is 278 g/mol. The standard InChI is InChI=1S/C14H31O3P/c1-7-9-10-14(8-2)11-18(15,16-12(3)4)17-13(5)6/h12-14H,7-11H2,1-6H3. The van der Waals surface area contributed by atoms with Gasteiger partial charge in [-0.2, -0.15) is 0 Å². The summed E-state index contributed by atoms with van der Waals surface area (Å²) in [6.07, 6.45) is 4.95. The van der Waals surface area contributed by atoms with Crippen molar-refractivity contribution in [3.63, 3.8) is 0 Å². The van der Waals surface area contributed by atoms with Crippen molar-refractivity contribution < 1.29 is 13.6 Å². The maximum Gasteiger partial charge on any atom is 0.331 e. The molecule has 0 saturated heterocycles. The molecule has 0 spiro atoms. The predicted molar refractivity (Wildman–Crippen MR) is 78.2 cm³/mol. The zero-order valence-corrected chi connectivity index (χ0v) is 13.8.